The van der Waals surface area contributed by atoms with Gasteiger partial charge in [0.15, 0.2) is 11.7 Å². The van der Waals surface area contributed by atoms with Crippen LogP contribution in [0.25, 0.3) is 0 Å². The fourth-order valence-electron chi connectivity index (χ4n) is 3.52. The van der Waals surface area contributed by atoms with Crippen LogP contribution in [-0.2, 0) is 14.3 Å². The van der Waals surface area contributed by atoms with E-state index in [1.165, 1.54) is 6.21 Å². The summed E-state index contributed by atoms with van der Waals surface area (Å²) in [5, 5.41) is 10.4. The summed E-state index contributed by atoms with van der Waals surface area (Å²) in [6.45, 7) is 7.38. The van der Waals surface area contributed by atoms with Gasteiger partial charge in [0.25, 0.3) is 5.91 Å². The largest absolute Gasteiger partial charge is 0.491 e. The number of para-hydroxylation sites is 1. The molecule has 1 atom stereocenters. The number of nitrogens with one attached hydrogen (secondary N) is 3. The first-order valence-electron chi connectivity index (χ1n) is 11.5. The second-order valence-corrected chi connectivity index (χ2v) is 8.55. The highest BCUT2D eigenvalue weighted by Gasteiger charge is 2.32. The molecular formula is C26H30N4O5S. The van der Waals surface area contributed by atoms with E-state index >= 15 is 0 Å². The molecule has 190 valence electrons. The number of hydrogen-bond donors (Lipinski definition) is 3. The van der Waals surface area contributed by atoms with E-state index in [9.17, 15) is 9.59 Å². The van der Waals surface area contributed by atoms with Crippen LogP contribution < -0.4 is 25.5 Å². The fraction of sp³-hybridized carbons (Fsp3) is 0.308. The summed E-state index contributed by atoms with van der Waals surface area (Å²) in [4.78, 5) is 25.0. The predicted molar refractivity (Wildman–Crippen MR) is 141 cm³/mol. The number of nitrogens with zero attached hydrogens (tertiary/aromatic N) is 1. The van der Waals surface area contributed by atoms with Gasteiger partial charge in [0.2, 0.25) is 0 Å². The molecule has 0 saturated carbocycles. The number of rotatable bonds is 10. The molecule has 3 N–H and O–H groups in total. The summed E-state index contributed by atoms with van der Waals surface area (Å²) in [6.07, 6.45) is 1.62. The lowest BCUT2D eigenvalue weighted by atomic mass is 9.95. The Bertz CT molecular complexity index is 1160. The number of carbonyl (C=O) groups excluding carboxylic acids is 2. The lowest BCUT2D eigenvalue weighted by molar-refractivity contribution is -0.139. The number of benzene rings is 2. The van der Waals surface area contributed by atoms with Gasteiger partial charge in [-0.1, -0.05) is 18.2 Å². The van der Waals surface area contributed by atoms with E-state index in [1.807, 2.05) is 44.2 Å². The first-order valence-corrected chi connectivity index (χ1v) is 11.9. The predicted octanol–water partition coefficient (Wildman–Crippen LogP) is 3.36. The zero-order valence-corrected chi connectivity index (χ0v) is 21.5. The molecule has 3 rings (SSSR count). The van der Waals surface area contributed by atoms with Crippen molar-refractivity contribution in [2.24, 2.45) is 5.10 Å². The molecule has 1 heterocycles. The van der Waals surface area contributed by atoms with E-state index < -0.39 is 17.9 Å². The van der Waals surface area contributed by atoms with E-state index in [-0.39, 0.29) is 19.3 Å². The molecule has 2 aromatic carbocycles. The minimum absolute atomic E-state index is 0.0906. The van der Waals surface area contributed by atoms with Crippen molar-refractivity contribution in [1.29, 1.82) is 0 Å². The van der Waals surface area contributed by atoms with Gasteiger partial charge in [-0.15, -0.1) is 0 Å². The van der Waals surface area contributed by atoms with E-state index in [0.29, 0.717) is 27.7 Å². The van der Waals surface area contributed by atoms with E-state index in [2.05, 4.69) is 21.2 Å². The van der Waals surface area contributed by atoms with Crippen LogP contribution in [0, 0.1) is 0 Å². The topological polar surface area (TPSA) is 110 Å². The quantitative estimate of drug-likeness (QED) is 0.193. The van der Waals surface area contributed by atoms with Gasteiger partial charge >= 0.3 is 5.97 Å². The minimum atomic E-state index is -0.599. The molecule has 9 nitrogen and oxygen atoms in total. The molecule has 0 radical (unpaired) electrons. The second-order valence-electron chi connectivity index (χ2n) is 8.15. The van der Waals surface area contributed by atoms with Crippen molar-refractivity contribution in [1.82, 2.24) is 16.1 Å². The number of thiocarbonyl (C=S) groups is 1. The maximum Gasteiger partial charge on any atom is 0.338 e. The van der Waals surface area contributed by atoms with E-state index in [0.717, 1.165) is 11.3 Å². The molecule has 0 aromatic heterocycles. The average Bonchev–Trinajstić information content (AvgIpc) is 2.83. The van der Waals surface area contributed by atoms with Crippen LogP contribution in [0.2, 0.25) is 0 Å². The van der Waals surface area contributed by atoms with Crippen LogP contribution in [0.4, 0.5) is 0 Å². The van der Waals surface area contributed by atoms with Gasteiger partial charge in [0.1, 0.15) is 11.5 Å². The molecule has 0 saturated heterocycles. The van der Waals surface area contributed by atoms with Crippen LogP contribution in [0.15, 0.2) is 64.9 Å². The SMILES string of the molecule is CCOC(=O)C1=C(C)NC(=S)N[C@H]1c1ccccc1OCC(=O)NN=Cc1ccc(OC(C)C)cc1. The Morgan fingerprint density at radius 3 is 2.58 bits per heavy atom. The van der Waals surface area contributed by atoms with Crippen molar-refractivity contribution >= 4 is 35.4 Å². The van der Waals surface area contributed by atoms with Crippen LogP contribution in [0.1, 0.15) is 44.9 Å². The molecule has 0 aliphatic carbocycles. The average molecular weight is 511 g/mol. The Morgan fingerprint density at radius 1 is 1.17 bits per heavy atom. The number of amides is 1. The Morgan fingerprint density at radius 2 is 1.89 bits per heavy atom. The van der Waals surface area contributed by atoms with Gasteiger partial charge in [-0.2, -0.15) is 5.10 Å². The van der Waals surface area contributed by atoms with Crippen LogP contribution >= 0.6 is 12.2 Å². The number of hydrazone groups is 1. The van der Waals surface area contributed by atoms with E-state index in [1.54, 1.807) is 32.0 Å². The third-order valence-corrected chi connectivity index (χ3v) is 5.23. The lowest BCUT2D eigenvalue weighted by Crippen LogP contribution is -2.45. The standard InChI is InChI=1S/C26H30N4O5S/c1-5-33-25(32)23-17(4)28-26(36)29-24(23)20-8-6-7-9-21(20)34-15-22(31)30-27-14-18-10-12-19(13-11-18)35-16(2)3/h6-14,16,24H,5,15H2,1-4H3,(H,30,31)(H2,28,29,36)/t24-/m0/s1. The molecule has 1 aliphatic rings. The maximum absolute atomic E-state index is 12.6. The molecule has 2 aromatic rings. The Labute approximate surface area is 215 Å². The van der Waals surface area contributed by atoms with Crippen LogP contribution in [-0.4, -0.2) is 42.5 Å². The fourth-order valence-corrected chi connectivity index (χ4v) is 3.79. The summed E-state index contributed by atoms with van der Waals surface area (Å²) < 4.78 is 16.6. The molecule has 0 bridgehead atoms. The Hall–Kier alpha value is -3.92. The van der Waals surface area contributed by atoms with Crippen molar-refractivity contribution in [3.8, 4) is 11.5 Å². The first-order chi connectivity index (χ1) is 17.3. The molecular weight excluding hydrogens is 480 g/mol. The van der Waals surface area contributed by atoms with E-state index in [4.69, 9.17) is 26.4 Å². The smallest absolute Gasteiger partial charge is 0.338 e. The van der Waals surface area contributed by atoms with Gasteiger partial charge in [-0.3, -0.25) is 4.79 Å². The first kappa shape index (κ1) is 26.7. The van der Waals surface area contributed by atoms with Crippen molar-refractivity contribution in [2.75, 3.05) is 13.2 Å². The molecule has 0 unspecified atom stereocenters. The maximum atomic E-state index is 12.6. The summed E-state index contributed by atoms with van der Waals surface area (Å²) in [5.41, 5.74) is 4.88. The Balaban J connectivity index is 1.65. The number of esters is 1. The van der Waals surface area contributed by atoms with Gasteiger partial charge in [0.05, 0.1) is 30.5 Å². The third-order valence-electron chi connectivity index (χ3n) is 5.01. The second kappa shape index (κ2) is 12.7. The van der Waals surface area contributed by atoms with Gasteiger partial charge < -0.3 is 24.8 Å². The molecule has 0 fully saturated rings. The highest BCUT2D eigenvalue weighted by Crippen LogP contribution is 2.33. The lowest BCUT2D eigenvalue weighted by Gasteiger charge is -2.30. The van der Waals surface area contributed by atoms with Crippen LogP contribution in [0.5, 0.6) is 11.5 Å². The van der Waals surface area contributed by atoms with Gasteiger partial charge in [-0.05, 0) is 75.8 Å². The van der Waals surface area contributed by atoms with Crippen molar-refractivity contribution in [3.63, 3.8) is 0 Å². The molecule has 10 heteroatoms. The number of carbonyl (C=O) groups is 2. The van der Waals surface area contributed by atoms with Crippen molar-refractivity contribution in [3.05, 3.63) is 70.9 Å². The number of hydrogen-bond acceptors (Lipinski definition) is 7. The molecule has 36 heavy (non-hydrogen) atoms. The summed E-state index contributed by atoms with van der Waals surface area (Å²) in [6, 6.07) is 13.9. The summed E-state index contributed by atoms with van der Waals surface area (Å²) in [5.74, 6) is 0.285. The van der Waals surface area contributed by atoms with Gasteiger partial charge in [0, 0.05) is 11.3 Å². The monoisotopic (exact) mass is 510 g/mol. The number of ether oxygens (including phenoxy) is 3. The highest BCUT2D eigenvalue weighted by molar-refractivity contribution is 7.80. The summed E-state index contributed by atoms with van der Waals surface area (Å²) >= 11 is 5.29. The zero-order chi connectivity index (χ0) is 26.1. The van der Waals surface area contributed by atoms with Crippen molar-refractivity contribution in [2.45, 2.75) is 39.8 Å². The molecule has 0 spiro atoms. The minimum Gasteiger partial charge on any atom is -0.491 e. The van der Waals surface area contributed by atoms with Gasteiger partial charge in [-0.25, -0.2) is 10.2 Å². The van der Waals surface area contributed by atoms with Crippen LogP contribution in [0.3, 0.4) is 0 Å². The molecule has 1 aliphatic heterocycles. The zero-order valence-electron chi connectivity index (χ0n) is 20.7. The third kappa shape index (κ3) is 7.29. The normalized spacial score (nSPS) is 15.4. The van der Waals surface area contributed by atoms with Crippen molar-refractivity contribution < 1.29 is 23.8 Å². The highest BCUT2D eigenvalue weighted by atomic mass is 32.1. The number of allylic oxidation sites excluding steroid dienone is 1. The summed E-state index contributed by atoms with van der Waals surface area (Å²) in [7, 11) is 0. The molecule has 1 amide bonds. The Kier molecular flexibility index (Phi) is 9.40.